The maximum Gasteiger partial charge on any atom is 0.407 e. The van der Waals surface area contributed by atoms with Crippen LogP contribution in [-0.4, -0.2) is 55.6 Å². The molecule has 2 rings (SSSR count). The van der Waals surface area contributed by atoms with Crippen molar-refractivity contribution in [2.75, 3.05) is 33.1 Å². The van der Waals surface area contributed by atoms with Crippen molar-refractivity contribution in [2.24, 2.45) is 0 Å². The summed E-state index contributed by atoms with van der Waals surface area (Å²) < 4.78 is 15.9. The first-order valence-corrected chi connectivity index (χ1v) is 9.40. The molecule has 7 nitrogen and oxygen atoms in total. The molecule has 1 atom stereocenters. The molecule has 0 aromatic heterocycles. The van der Waals surface area contributed by atoms with Gasteiger partial charge in [0.25, 0.3) is 0 Å². The number of hydrogen-bond donors (Lipinski definition) is 1. The number of ether oxygens (including phenoxy) is 3. The number of benzene rings is 1. The van der Waals surface area contributed by atoms with Crippen molar-refractivity contribution in [3.8, 4) is 11.5 Å². The van der Waals surface area contributed by atoms with Gasteiger partial charge in [0, 0.05) is 18.7 Å². The Balaban J connectivity index is 2.06. The van der Waals surface area contributed by atoms with E-state index >= 15 is 0 Å². The molecule has 1 aliphatic heterocycles. The summed E-state index contributed by atoms with van der Waals surface area (Å²) in [5.74, 6) is 1.81. The smallest absolute Gasteiger partial charge is 0.407 e. The van der Waals surface area contributed by atoms with Crippen molar-refractivity contribution in [1.29, 1.82) is 0 Å². The number of carbonyl (C=O) groups is 2. The number of carbonyl (C=O) groups excluding carboxylic acids is 2. The van der Waals surface area contributed by atoms with Crippen LogP contribution in [0.3, 0.4) is 0 Å². The van der Waals surface area contributed by atoms with Crippen molar-refractivity contribution in [3.05, 3.63) is 23.8 Å². The molecule has 0 aliphatic carbocycles. The van der Waals surface area contributed by atoms with E-state index in [0.29, 0.717) is 30.3 Å². The van der Waals surface area contributed by atoms with Crippen LogP contribution in [0.15, 0.2) is 18.2 Å². The van der Waals surface area contributed by atoms with Gasteiger partial charge in [-0.25, -0.2) is 4.79 Å². The van der Waals surface area contributed by atoms with Gasteiger partial charge in [0.05, 0.1) is 20.0 Å². The van der Waals surface area contributed by atoms with E-state index in [2.05, 4.69) is 5.32 Å². The second kappa shape index (κ2) is 8.53. The molecule has 0 bridgehead atoms. The lowest BCUT2D eigenvalue weighted by Crippen LogP contribution is -2.39. The average Bonchev–Trinajstić information content (AvgIpc) is 2.93. The van der Waals surface area contributed by atoms with Gasteiger partial charge in [0.15, 0.2) is 0 Å². The zero-order chi connectivity index (χ0) is 19.3. The van der Waals surface area contributed by atoms with Gasteiger partial charge < -0.3 is 24.4 Å². The lowest BCUT2D eigenvalue weighted by molar-refractivity contribution is -0.128. The molecule has 0 radical (unpaired) electrons. The van der Waals surface area contributed by atoms with E-state index in [1.807, 2.05) is 18.2 Å². The Labute approximate surface area is 158 Å². The summed E-state index contributed by atoms with van der Waals surface area (Å²) in [6.45, 7) is 6.11. The first-order valence-electron chi connectivity index (χ1n) is 8.35. The molecule has 1 aromatic rings. The van der Waals surface area contributed by atoms with Crippen molar-refractivity contribution in [2.45, 2.75) is 31.7 Å². The van der Waals surface area contributed by atoms with Crippen LogP contribution in [-0.2, 0) is 9.53 Å². The lowest BCUT2D eigenvalue weighted by atomic mass is 10.1. The van der Waals surface area contributed by atoms with E-state index in [4.69, 9.17) is 14.2 Å². The molecule has 1 N–H and O–H groups in total. The van der Waals surface area contributed by atoms with E-state index < -0.39 is 11.7 Å². The van der Waals surface area contributed by atoms with Crippen LogP contribution in [0.2, 0.25) is 0 Å². The van der Waals surface area contributed by atoms with Crippen LogP contribution >= 0.6 is 11.8 Å². The van der Waals surface area contributed by atoms with Crippen molar-refractivity contribution in [3.63, 3.8) is 0 Å². The largest absolute Gasteiger partial charge is 0.497 e. The Kier molecular flexibility index (Phi) is 6.63. The highest BCUT2D eigenvalue weighted by molar-refractivity contribution is 8.00. The summed E-state index contributed by atoms with van der Waals surface area (Å²) in [5.41, 5.74) is 0.319. The topological polar surface area (TPSA) is 77.1 Å². The van der Waals surface area contributed by atoms with Gasteiger partial charge in [-0.3, -0.25) is 4.79 Å². The molecular formula is C18H26N2O5S. The van der Waals surface area contributed by atoms with E-state index in [9.17, 15) is 9.59 Å². The van der Waals surface area contributed by atoms with Crippen LogP contribution < -0.4 is 14.8 Å². The number of methoxy groups -OCH3 is 2. The average molecular weight is 382 g/mol. The van der Waals surface area contributed by atoms with Gasteiger partial charge >= 0.3 is 6.09 Å². The van der Waals surface area contributed by atoms with E-state index in [0.717, 1.165) is 5.56 Å². The normalized spacial score (nSPS) is 17.2. The van der Waals surface area contributed by atoms with Gasteiger partial charge in [-0.2, -0.15) is 0 Å². The number of hydrogen-bond acceptors (Lipinski definition) is 6. The molecule has 1 heterocycles. The van der Waals surface area contributed by atoms with Gasteiger partial charge in [0.2, 0.25) is 5.91 Å². The molecule has 0 spiro atoms. The first-order chi connectivity index (χ1) is 12.2. The Bertz CT molecular complexity index is 659. The van der Waals surface area contributed by atoms with Crippen molar-refractivity contribution < 1.29 is 23.8 Å². The highest BCUT2D eigenvalue weighted by atomic mass is 32.2. The van der Waals surface area contributed by atoms with Gasteiger partial charge in [-0.15, -0.1) is 11.8 Å². The molecule has 0 saturated carbocycles. The lowest BCUT2D eigenvalue weighted by Gasteiger charge is -2.26. The molecule has 8 heteroatoms. The molecule has 1 fully saturated rings. The molecule has 1 saturated heterocycles. The van der Waals surface area contributed by atoms with Gasteiger partial charge in [-0.1, -0.05) is 0 Å². The molecular weight excluding hydrogens is 356 g/mol. The fraction of sp³-hybridized carbons (Fsp3) is 0.556. The summed E-state index contributed by atoms with van der Waals surface area (Å²) in [6.07, 6.45) is -0.493. The van der Waals surface area contributed by atoms with Gasteiger partial charge in [0.1, 0.15) is 22.5 Å². The highest BCUT2D eigenvalue weighted by Crippen LogP contribution is 2.43. The minimum absolute atomic E-state index is 0.0239. The Morgan fingerprint density at radius 3 is 2.65 bits per heavy atom. The quantitative estimate of drug-likeness (QED) is 0.815. The molecule has 144 valence electrons. The summed E-state index contributed by atoms with van der Waals surface area (Å²) in [5, 5.41) is 2.50. The van der Waals surface area contributed by atoms with Crippen LogP contribution in [0.25, 0.3) is 0 Å². The zero-order valence-corrected chi connectivity index (χ0v) is 16.6. The number of alkyl carbamates (subject to hydrolysis) is 1. The Morgan fingerprint density at radius 2 is 2.04 bits per heavy atom. The number of rotatable bonds is 6. The molecule has 26 heavy (non-hydrogen) atoms. The highest BCUT2D eigenvalue weighted by Gasteiger charge is 2.34. The van der Waals surface area contributed by atoms with E-state index in [-0.39, 0.29) is 11.3 Å². The summed E-state index contributed by atoms with van der Waals surface area (Å²) in [6, 6.07) is 5.52. The van der Waals surface area contributed by atoms with Crippen LogP contribution in [0, 0.1) is 0 Å². The second-order valence-electron chi connectivity index (χ2n) is 6.79. The van der Waals surface area contributed by atoms with Crippen molar-refractivity contribution >= 4 is 23.8 Å². The molecule has 1 aromatic carbocycles. The third-order valence-electron chi connectivity index (χ3n) is 3.69. The fourth-order valence-electron chi connectivity index (χ4n) is 2.58. The minimum Gasteiger partial charge on any atom is -0.497 e. The third kappa shape index (κ3) is 5.20. The van der Waals surface area contributed by atoms with Crippen LogP contribution in [0.5, 0.6) is 11.5 Å². The van der Waals surface area contributed by atoms with Crippen LogP contribution in [0.4, 0.5) is 4.79 Å². The number of nitrogens with zero attached hydrogens (tertiary/aromatic N) is 1. The summed E-state index contributed by atoms with van der Waals surface area (Å²) >= 11 is 1.53. The number of thioether (sulfide) groups is 1. The summed E-state index contributed by atoms with van der Waals surface area (Å²) in [7, 11) is 3.20. The number of amides is 2. The fourth-order valence-corrected chi connectivity index (χ4v) is 3.81. The van der Waals surface area contributed by atoms with Gasteiger partial charge in [-0.05, 0) is 39.0 Å². The predicted molar refractivity (Wildman–Crippen MR) is 101 cm³/mol. The maximum atomic E-state index is 12.3. The van der Waals surface area contributed by atoms with E-state index in [1.165, 1.54) is 11.8 Å². The van der Waals surface area contributed by atoms with E-state index in [1.54, 1.807) is 39.9 Å². The maximum absolute atomic E-state index is 12.3. The third-order valence-corrected chi connectivity index (χ3v) is 4.93. The molecule has 1 aliphatic rings. The standard InChI is InChI=1S/C18H26N2O5S/c1-18(2,3)25-17(22)19-8-9-20-15(21)11-26-16(20)13-10-12(23-4)6-7-14(13)24-5/h6-7,10,16H,8-9,11H2,1-5H3,(H,19,22). The second-order valence-corrected chi connectivity index (χ2v) is 7.86. The molecule has 2 amide bonds. The predicted octanol–water partition coefficient (Wildman–Crippen LogP) is 2.80. The summed E-state index contributed by atoms with van der Waals surface area (Å²) in [4.78, 5) is 25.8. The monoisotopic (exact) mass is 382 g/mol. The first kappa shape index (κ1) is 20.2. The van der Waals surface area contributed by atoms with Crippen LogP contribution in [0.1, 0.15) is 31.7 Å². The zero-order valence-electron chi connectivity index (χ0n) is 15.8. The Hall–Kier alpha value is -2.09. The Morgan fingerprint density at radius 1 is 1.31 bits per heavy atom. The number of nitrogens with one attached hydrogen (secondary N) is 1. The van der Waals surface area contributed by atoms with Crippen molar-refractivity contribution in [1.82, 2.24) is 10.2 Å². The molecule has 1 unspecified atom stereocenters. The minimum atomic E-state index is -0.556. The SMILES string of the molecule is COc1ccc(OC)c(C2SCC(=O)N2CCNC(=O)OC(C)(C)C)c1.